The second-order valence-electron chi connectivity index (χ2n) is 9.67. The highest BCUT2D eigenvalue weighted by molar-refractivity contribution is 6.10. The number of para-hydroxylation sites is 1. The Balaban J connectivity index is 1.93. The zero-order valence-electron chi connectivity index (χ0n) is 21.2. The summed E-state index contributed by atoms with van der Waals surface area (Å²) in [6, 6.07) is 15.7. The van der Waals surface area contributed by atoms with Crippen molar-refractivity contribution >= 4 is 22.7 Å². The zero-order chi connectivity index (χ0) is 25.3. The van der Waals surface area contributed by atoms with Gasteiger partial charge in [-0.1, -0.05) is 49.4 Å². The van der Waals surface area contributed by atoms with Crippen LogP contribution in [-0.4, -0.2) is 70.2 Å². The maximum absolute atomic E-state index is 14.2. The van der Waals surface area contributed by atoms with Crippen LogP contribution in [0, 0.1) is 5.92 Å². The van der Waals surface area contributed by atoms with Crippen molar-refractivity contribution in [3.63, 3.8) is 0 Å². The Morgan fingerprint density at radius 1 is 1.20 bits per heavy atom. The number of hydrogen-bond acceptors (Lipinski definition) is 4. The Hall–Kier alpha value is -3.16. The topological polar surface area (TPSA) is 75.0 Å². The van der Waals surface area contributed by atoms with E-state index in [2.05, 4.69) is 0 Å². The van der Waals surface area contributed by atoms with Crippen molar-refractivity contribution in [1.82, 2.24) is 14.4 Å². The lowest BCUT2D eigenvalue weighted by Crippen LogP contribution is -2.47. The van der Waals surface area contributed by atoms with E-state index in [4.69, 9.17) is 4.74 Å². The van der Waals surface area contributed by atoms with E-state index in [1.165, 1.54) is 6.92 Å². The lowest BCUT2D eigenvalue weighted by molar-refractivity contribution is -0.130. The quantitative estimate of drug-likeness (QED) is 0.622. The smallest absolute Gasteiger partial charge is 0.271 e. The molecule has 0 fully saturated rings. The van der Waals surface area contributed by atoms with Crippen molar-refractivity contribution in [2.24, 2.45) is 13.0 Å². The van der Waals surface area contributed by atoms with E-state index in [0.717, 1.165) is 27.6 Å². The van der Waals surface area contributed by atoms with Gasteiger partial charge in [-0.25, -0.2) is 0 Å². The molecule has 2 amide bonds. The summed E-state index contributed by atoms with van der Waals surface area (Å²) in [5.41, 5.74) is 4.41. The second-order valence-corrected chi connectivity index (χ2v) is 9.67. The van der Waals surface area contributed by atoms with Crippen LogP contribution in [0.3, 0.4) is 0 Å². The first-order valence-corrected chi connectivity index (χ1v) is 12.1. The van der Waals surface area contributed by atoms with Crippen LogP contribution in [0.25, 0.3) is 22.0 Å². The maximum atomic E-state index is 14.2. The van der Waals surface area contributed by atoms with Crippen molar-refractivity contribution in [2.75, 3.05) is 26.7 Å². The Morgan fingerprint density at radius 3 is 2.60 bits per heavy atom. The van der Waals surface area contributed by atoms with Crippen molar-refractivity contribution < 1.29 is 19.4 Å². The predicted molar refractivity (Wildman–Crippen MR) is 137 cm³/mol. The summed E-state index contributed by atoms with van der Waals surface area (Å²) in [4.78, 5) is 29.6. The minimum Gasteiger partial charge on any atom is -0.394 e. The molecule has 7 nitrogen and oxygen atoms in total. The van der Waals surface area contributed by atoms with E-state index in [0.29, 0.717) is 25.4 Å². The SMILES string of the molecule is CC(=O)N(C)C[C@@H]1OCc2ccccc2-c2c(n(C)c3ccccc23)C(=O)N([C@H](C)CO)C[C@@H]1C. The number of hydrogen-bond donors (Lipinski definition) is 1. The highest BCUT2D eigenvalue weighted by Gasteiger charge is 2.33. The van der Waals surface area contributed by atoms with E-state index in [9.17, 15) is 14.7 Å². The van der Waals surface area contributed by atoms with Crippen LogP contribution < -0.4 is 0 Å². The van der Waals surface area contributed by atoms with Crippen LogP contribution in [0.2, 0.25) is 0 Å². The summed E-state index contributed by atoms with van der Waals surface area (Å²) >= 11 is 0. The number of likely N-dealkylation sites (N-methyl/N-ethyl adjacent to an activating group) is 1. The number of benzene rings is 2. The molecule has 1 N–H and O–H groups in total. The van der Waals surface area contributed by atoms with Gasteiger partial charge in [-0.15, -0.1) is 0 Å². The molecule has 0 unspecified atom stereocenters. The van der Waals surface area contributed by atoms with Gasteiger partial charge in [0.15, 0.2) is 0 Å². The lowest BCUT2D eigenvalue weighted by Gasteiger charge is -2.35. The first-order chi connectivity index (χ1) is 16.7. The molecule has 2 aromatic carbocycles. The van der Waals surface area contributed by atoms with Gasteiger partial charge in [0.05, 0.1) is 25.4 Å². The van der Waals surface area contributed by atoms with Gasteiger partial charge >= 0.3 is 0 Å². The van der Waals surface area contributed by atoms with Crippen molar-refractivity contribution in [3.8, 4) is 11.1 Å². The summed E-state index contributed by atoms with van der Waals surface area (Å²) in [7, 11) is 3.69. The molecule has 0 saturated heterocycles. The molecular weight excluding hydrogens is 442 g/mol. The molecule has 0 bridgehead atoms. The molecular formula is C28H35N3O4. The number of aliphatic hydroxyl groups excluding tert-OH is 1. The molecule has 1 aliphatic rings. The Bertz CT molecular complexity index is 1230. The van der Waals surface area contributed by atoms with Gasteiger partial charge in [0.25, 0.3) is 5.91 Å². The van der Waals surface area contributed by atoms with Crippen LogP contribution in [-0.2, 0) is 23.2 Å². The average molecular weight is 478 g/mol. The highest BCUT2D eigenvalue weighted by atomic mass is 16.5. The molecule has 35 heavy (non-hydrogen) atoms. The van der Waals surface area contributed by atoms with Crippen LogP contribution in [0.4, 0.5) is 0 Å². The molecule has 0 radical (unpaired) electrons. The number of amides is 2. The summed E-state index contributed by atoms with van der Waals surface area (Å²) in [6.07, 6.45) is -0.281. The zero-order valence-corrected chi connectivity index (χ0v) is 21.2. The Morgan fingerprint density at radius 2 is 1.89 bits per heavy atom. The Labute approximate surface area is 206 Å². The van der Waals surface area contributed by atoms with Gasteiger partial charge in [0, 0.05) is 56.5 Å². The van der Waals surface area contributed by atoms with Gasteiger partial charge in [0.2, 0.25) is 5.91 Å². The van der Waals surface area contributed by atoms with Crippen LogP contribution in [0.5, 0.6) is 0 Å². The molecule has 4 rings (SSSR count). The molecule has 3 aromatic rings. The third-order valence-electron chi connectivity index (χ3n) is 7.22. The number of carbonyl (C=O) groups is 2. The van der Waals surface area contributed by atoms with Crippen molar-refractivity contribution in [3.05, 3.63) is 59.8 Å². The van der Waals surface area contributed by atoms with Gasteiger partial charge < -0.3 is 24.2 Å². The molecule has 186 valence electrons. The van der Waals surface area contributed by atoms with E-state index < -0.39 is 0 Å². The number of nitrogens with zero attached hydrogens (tertiary/aromatic N) is 3. The first-order valence-electron chi connectivity index (χ1n) is 12.1. The predicted octanol–water partition coefficient (Wildman–Crippen LogP) is 3.68. The summed E-state index contributed by atoms with van der Waals surface area (Å²) in [5, 5.41) is 11.1. The number of aromatic nitrogens is 1. The van der Waals surface area contributed by atoms with Gasteiger partial charge in [-0.05, 0) is 24.1 Å². The van der Waals surface area contributed by atoms with E-state index in [1.807, 2.05) is 74.0 Å². The molecule has 3 atom stereocenters. The summed E-state index contributed by atoms with van der Waals surface area (Å²) in [6.45, 7) is 6.47. The number of aliphatic hydroxyl groups is 1. The number of fused-ring (bicyclic) bond motifs is 5. The highest BCUT2D eigenvalue weighted by Crippen LogP contribution is 2.38. The fourth-order valence-corrected chi connectivity index (χ4v) is 4.92. The summed E-state index contributed by atoms with van der Waals surface area (Å²) < 4.78 is 8.43. The molecule has 2 heterocycles. The third kappa shape index (κ3) is 4.70. The van der Waals surface area contributed by atoms with Gasteiger partial charge in [-0.2, -0.15) is 0 Å². The largest absolute Gasteiger partial charge is 0.394 e. The number of rotatable bonds is 4. The normalized spacial score (nSPS) is 19.6. The Kier molecular flexibility index (Phi) is 7.28. The standard InChI is InChI=1S/C28H35N3O4/c1-18-14-31(19(2)16-32)28(34)27-26(23-12-8-9-13-24(23)30(27)5)22-11-7-6-10-21(22)17-35-25(18)15-29(4)20(3)33/h6-13,18-19,25,32H,14-17H2,1-5H3/t18-,19+,25-/m0/s1. The fraction of sp³-hybridized carbons (Fsp3) is 0.429. The summed E-state index contributed by atoms with van der Waals surface area (Å²) in [5.74, 6) is -0.230. The van der Waals surface area contributed by atoms with E-state index >= 15 is 0 Å². The first kappa shape index (κ1) is 24.9. The molecule has 0 aliphatic carbocycles. The molecule has 1 aromatic heterocycles. The van der Waals surface area contributed by atoms with E-state index in [1.54, 1.807) is 16.8 Å². The number of ether oxygens (including phenoxy) is 1. The van der Waals surface area contributed by atoms with Crippen molar-refractivity contribution in [2.45, 2.75) is 39.5 Å². The fourth-order valence-electron chi connectivity index (χ4n) is 4.92. The number of carbonyl (C=O) groups excluding carboxylic acids is 2. The molecule has 1 aliphatic heterocycles. The molecule has 0 saturated carbocycles. The number of aryl methyl sites for hydroxylation is 1. The van der Waals surface area contributed by atoms with E-state index in [-0.39, 0.29) is 36.5 Å². The third-order valence-corrected chi connectivity index (χ3v) is 7.22. The van der Waals surface area contributed by atoms with Gasteiger partial charge in [-0.3, -0.25) is 9.59 Å². The minimum absolute atomic E-state index is 0.0361. The van der Waals surface area contributed by atoms with Crippen LogP contribution in [0.1, 0.15) is 36.8 Å². The minimum atomic E-state index is -0.377. The van der Waals surface area contributed by atoms with Crippen LogP contribution >= 0.6 is 0 Å². The van der Waals surface area contributed by atoms with Crippen molar-refractivity contribution in [1.29, 1.82) is 0 Å². The lowest BCUT2D eigenvalue weighted by atomic mass is 9.96. The van der Waals surface area contributed by atoms with Gasteiger partial charge in [0.1, 0.15) is 5.69 Å². The monoisotopic (exact) mass is 477 g/mol. The van der Waals surface area contributed by atoms with Crippen LogP contribution in [0.15, 0.2) is 48.5 Å². The maximum Gasteiger partial charge on any atom is 0.271 e. The second kappa shape index (κ2) is 10.2. The molecule has 0 spiro atoms. The molecule has 7 heteroatoms. The average Bonchev–Trinajstić information content (AvgIpc) is 3.15.